The third kappa shape index (κ3) is 3.25. The van der Waals surface area contributed by atoms with Gasteiger partial charge in [-0.2, -0.15) is 13.2 Å². The van der Waals surface area contributed by atoms with Crippen LogP contribution in [0.15, 0.2) is 66.0 Å². The Morgan fingerprint density at radius 3 is 2.50 bits per heavy atom. The lowest BCUT2D eigenvalue weighted by molar-refractivity contribution is -0.137. The fraction of sp³-hybridized carbons (Fsp3) is 0.0526. The summed E-state index contributed by atoms with van der Waals surface area (Å²) in [6.45, 7) is 0. The molecule has 0 aliphatic carbocycles. The fourth-order valence-corrected chi connectivity index (χ4v) is 3.26. The van der Waals surface area contributed by atoms with Crippen LogP contribution in [0.3, 0.4) is 0 Å². The summed E-state index contributed by atoms with van der Waals surface area (Å²) < 4.78 is 38.9. The lowest BCUT2D eigenvalue weighted by Gasteiger charge is -2.12. The van der Waals surface area contributed by atoms with E-state index in [0.29, 0.717) is 17.3 Å². The van der Waals surface area contributed by atoms with Gasteiger partial charge in [0.05, 0.1) is 16.0 Å². The molecule has 0 radical (unpaired) electrons. The van der Waals surface area contributed by atoms with Crippen molar-refractivity contribution in [2.24, 2.45) is 0 Å². The molecule has 3 nitrogen and oxygen atoms in total. The first-order chi connectivity index (χ1) is 12.5. The second kappa shape index (κ2) is 6.42. The molecule has 2 aromatic carbocycles. The average molecular weight is 371 g/mol. The number of nitrogens with one attached hydrogen (secondary N) is 1. The predicted molar refractivity (Wildman–Crippen MR) is 97.6 cm³/mol. The highest BCUT2D eigenvalue weighted by Gasteiger charge is 2.30. The topological polar surface area (TPSA) is 37.8 Å². The van der Waals surface area contributed by atoms with Gasteiger partial charge in [-0.1, -0.05) is 24.3 Å². The maximum absolute atomic E-state index is 13.0. The van der Waals surface area contributed by atoms with Crippen molar-refractivity contribution < 1.29 is 13.2 Å². The van der Waals surface area contributed by atoms with E-state index >= 15 is 0 Å². The first-order valence-electron chi connectivity index (χ1n) is 7.76. The minimum atomic E-state index is -4.40. The van der Waals surface area contributed by atoms with Gasteiger partial charge in [-0.15, -0.1) is 11.3 Å². The minimum Gasteiger partial charge on any atom is -0.340 e. The number of nitrogens with zero attached hydrogens (tertiary/aromatic N) is 2. The second-order valence-corrected chi connectivity index (χ2v) is 6.54. The van der Waals surface area contributed by atoms with Crippen LogP contribution in [0.2, 0.25) is 0 Å². The van der Waals surface area contributed by atoms with E-state index in [1.54, 1.807) is 6.07 Å². The van der Waals surface area contributed by atoms with Gasteiger partial charge in [0.2, 0.25) is 0 Å². The molecular formula is C19H12F3N3S. The van der Waals surface area contributed by atoms with Crippen LogP contribution in [0.25, 0.3) is 21.6 Å². The Morgan fingerprint density at radius 1 is 0.885 bits per heavy atom. The van der Waals surface area contributed by atoms with Crippen LogP contribution in [0, 0.1) is 0 Å². The Morgan fingerprint density at radius 2 is 1.73 bits per heavy atom. The number of fused-ring (bicyclic) bond motifs is 1. The molecule has 0 spiro atoms. The molecule has 0 unspecified atom stereocenters. The molecule has 2 aromatic heterocycles. The molecule has 0 atom stereocenters. The zero-order chi connectivity index (χ0) is 18.1. The number of rotatable bonds is 3. The second-order valence-electron chi connectivity index (χ2n) is 5.59. The van der Waals surface area contributed by atoms with E-state index in [9.17, 15) is 13.2 Å². The molecular weight excluding hydrogens is 359 g/mol. The zero-order valence-electron chi connectivity index (χ0n) is 13.3. The largest absolute Gasteiger partial charge is 0.416 e. The van der Waals surface area contributed by atoms with E-state index in [-0.39, 0.29) is 0 Å². The monoisotopic (exact) mass is 371 g/mol. The Bertz CT molecular complexity index is 1060. The maximum atomic E-state index is 13.0. The Hall–Kier alpha value is -2.93. The Kier molecular flexibility index (Phi) is 4.08. The molecule has 0 aliphatic rings. The van der Waals surface area contributed by atoms with Crippen molar-refractivity contribution in [3.05, 3.63) is 71.6 Å². The highest BCUT2D eigenvalue weighted by molar-refractivity contribution is 7.13. The van der Waals surface area contributed by atoms with Crippen molar-refractivity contribution in [3.8, 4) is 10.7 Å². The number of alkyl halides is 3. The molecule has 130 valence electrons. The summed E-state index contributed by atoms with van der Waals surface area (Å²) in [5.74, 6) is 1.01. The van der Waals surface area contributed by atoms with Crippen LogP contribution in [0.5, 0.6) is 0 Å². The lowest BCUT2D eigenvalue weighted by atomic mass is 10.2. The smallest absolute Gasteiger partial charge is 0.340 e. The van der Waals surface area contributed by atoms with Gasteiger partial charge in [-0.05, 0) is 41.8 Å². The van der Waals surface area contributed by atoms with Crippen molar-refractivity contribution in [2.45, 2.75) is 6.18 Å². The number of halogens is 3. The first-order valence-corrected chi connectivity index (χ1v) is 8.63. The van der Waals surface area contributed by atoms with E-state index in [4.69, 9.17) is 0 Å². The number of benzene rings is 2. The number of hydrogen-bond acceptors (Lipinski definition) is 4. The Labute approximate surface area is 151 Å². The van der Waals surface area contributed by atoms with Gasteiger partial charge in [0.1, 0.15) is 5.82 Å². The normalized spacial score (nSPS) is 11.7. The third-order valence-electron chi connectivity index (χ3n) is 3.80. The van der Waals surface area contributed by atoms with E-state index < -0.39 is 11.7 Å². The summed E-state index contributed by atoms with van der Waals surface area (Å²) in [4.78, 5) is 9.99. The van der Waals surface area contributed by atoms with Crippen molar-refractivity contribution >= 4 is 33.7 Å². The van der Waals surface area contributed by atoms with Gasteiger partial charge in [-0.25, -0.2) is 9.97 Å². The molecule has 0 amide bonds. The molecule has 0 bridgehead atoms. The number of para-hydroxylation sites is 1. The molecule has 4 aromatic rings. The number of thiophene rings is 1. The molecule has 0 saturated carbocycles. The molecule has 2 heterocycles. The quantitative estimate of drug-likeness (QED) is 0.471. The minimum absolute atomic E-state index is 0.320. The van der Waals surface area contributed by atoms with Crippen LogP contribution < -0.4 is 5.32 Å². The van der Waals surface area contributed by atoms with Crippen LogP contribution >= 0.6 is 11.3 Å². The molecule has 0 fully saturated rings. The van der Waals surface area contributed by atoms with Gasteiger partial charge in [-0.3, -0.25) is 0 Å². The zero-order valence-corrected chi connectivity index (χ0v) is 14.1. The van der Waals surface area contributed by atoms with E-state index in [1.165, 1.54) is 17.4 Å². The van der Waals surface area contributed by atoms with Gasteiger partial charge < -0.3 is 5.32 Å². The van der Waals surface area contributed by atoms with Crippen LogP contribution in [-0.4, -0.2) is 9.97 Å². The first kappa shape index (κ1) is 16.5. The molecule has 4 rings (SSSR count). The van der Waals surface area contributed by atoms with E-state index in [1.807, 2.05) is 41.8 Å². The number of hydrogen-bond donors (Lipinski definition) is 1. The van der Waals surface area contributed by atoms with E-state index in [0.717, 1.165) is 27.9 Å². The van der Waals surface area contributed by atoms with Gasteiger partial charge in [0, 0.05) is 11.1 Å². The fourth-order valence-electron chi connectivity index (χ4n) is 2.60. The highest BCUT2D eigenvalue weighted by Crippen LogP contribution is 2.33. The van der Waals surface area contributed by atoms with Gasteiger partial charge >= 0.3 is 6.18 Å². The van der Waals surface area contributed by atoms with Gasteiger partial charge in [0.25, 0.3) is 0 Å². The van der Waals surface area contributed by atoms with Crippen LogP contribution in [0.1, 0.15) is 5.56 Å². The highest BCUT2D eigenvalue weighted by atomic mass is 32.1. The SMILES string of the molecule is FC(F)(F)c1cccc(Nc2nc(-c3cccs3)nc3ccccc23)c1. The van der Waals surface area contributed by atoms with Crippen molar-refractivity contribution in [1.29, 1.82) is 0 Å². The molecule has 7 heteroatoms. The standard InChI is InChI=1S/C19H12F3N3S/c20-19(21,22)12-5-3-6-13(11-12)23-17-14-7-1-2-8-15(14)24-18(25-17)16-9-4-10-26-16/h1-11H,(H,23,24,25). The van der Waals surface area contributed by atoms with Crippen molar-refractivity contribution in [1.82, 2.24) is 9.97 Å². The van der Waals surface area contributed by atoms with E-state index in [2.05, 4.69) is 15.3 Å². The Balaban J connectivity index is 1.81. The number of aromatic nitrogens is 2. The predicted octanol–water partition coefficient (Wildman–Crippen LogP) is 6.12. The van der Waals surface area contributed by atoms with Crippen LogP contribution in [-0.2, 0) is 6.18 Å². The molecule has 26 heavy (non-hydrogen) atoms. The maximum Gasteiger partial charge on any atom is 0.416 e. The summed E-state index contributed by atoms with van der Waals surface area (Å²) in [7, 11) is 0. The van der Waals surface area contributed by atoms with Crippen molar-refractivity contribution in [2.75, 3.05) is 5.32 Å². The van der Waals surface area contributed by atoms with Crippen LogP contribution in [0.4, 0.5) is 24.7 Å². The lowest BCUT2D eigenvalue weighted by Crippen LogP contribution is -2.05. The average Bonchev–Trinajstić information content (AvgIpc) is 3.16. The summed E-state index contributed by atoms with van der Waals surface area (Å²) >= 11 is 1.50. The molecule has 0 aliphatic heterocycles. The summed E-state index contributed by atoms with van der Waals surface area (Å²) in [6, 6.07) is 16.3. The van der Waals surface area contributed by atoms with Gasteiger partial charge in [0.15, 0.2) is 5.82 Å². The summed E-state index contributed by atoms with van der Waals surface area (Å²) in [6.07, 6.45) is -4.40. The number of anilines is 2. The summed E-state index contributed by atoms with van der Waals surface area (Å²) in [5, 5.41) is 5.68. The summed E-state index contributed by atoms with van der Waals surface area (Å²) in [5.41, 5.74) is 0.334. The third-order valence-corrected chi connectivity index (χ3v) is 4.66. The molecule has 0 saturated heterocycles. The van der Waals surface area contributed by atoms with Crippen molar-refractivity contribution in [3.63, 3.8) is 0 Å². The molecule has 1 N–H and O–H groups in total.